The molecule has 5 N–H and O–H groups in total. The van der Waals surface area contributed by atoms with Crippen molar-refractivity contribution in [1.82, 2.24) is 29.7 Å². The molecule has 2 aromatic heterocycles. The molecule has 6 rings (SSSR count). The Hall–Kier alpha value is -3.40. The molecule has 3 aliphatic rings. The van der Waals surface area contributed by atoms with Gasteiger partial charge >= 0.3 is 6.03 Å². The van der Waals surface area contributed by atoms with Gasteiger partial charge in [-0.3, -0.25) is 0 Å². The first-order valence-electron chi connectivity index (χ1n) is 15.2. The highest BCUT2D eigenvalue weighted by Gasteiger charge is 2.27. The molecule has 2 saturated carbocycles. The zero-order valence-corrected chi connectivity index (χ0v) is 23.4. The lowest BCUT2D eigenvalue weighted by molar-refractivity contribution is 0.184. The van der Waals surface area contributed by atoms with Crippen molar-refractivity contribution in [3.05, 3.63) is 42.2 Å². The Morgan fingerprint density at radius 1 is 0.900 bits per heavy atom. The summed E-state index contributed by atoms with van der Waals surface area (Å²) in [5.74, 6) is 1.47. The average molecular weight is 546 g/mol. The Morgan fingerprint density at radius 2 is 1.62 bits per heavy atom. The van der Waals surface area contributed by atoms with Crippen LogP contribution >= 0.6 is 0 Å². The molecular weight excluding hydrogens is 502 g/mol. The van der Waals surface area contributed by atoms with Gasteiger partial charge in [-0.15, -0.1) is 0 Å². The molecule has 2 aliphatic carbocycles. The quantitative estimate of drug-likeness (QED) is 0.329. The summed E-state index contributed by atoms with van der Waals surface area (Å²) in [6, 6.07) is 11.6. The maximum absolute atomic E-state index is 12.8. The van der Waals surface area contributed by atoms with Gasteiger partial charge in [0.05, 0.1) is 6.33 Å². The Balaban J connectivity index is 1.10. The van der Waals surface area contributed by atoms with E-state index in [9.17, 15) is 4.79 Å². The van der Waals surface area contributed by atoms with E-state index in [4.69, 9.17) is 20.7 Å². The van der Waals surface area contributed by atoms with Crippen LogP contribution in [0.5, 0.6) is 0 Å². The van der Waals surface area contributed by atoms with E-state index in [1.807, 2.05) is 29.4 Å². The maximum atomic E-state index is 12.8. The third-order valence-electron chi connectivity index (χ3n) is 8.90. The molecule has 40 heavy (non-hydrogen) atoms. The van der Waals surface area contributed by atoms with E-state index in [0.29, 0.717) is 43.7 Å². The standard InChI is InChI=1S/C30H43N9O/c31-22-10-12-23(13-11-22)35-29-36-27(26-28(37-29)39(20-33-26)25-8-4-5-9-25)34-24-15-18-38(19-16-24)30(40)32-17-14-21-6-2-1-3-7-21/h1-3,6-7,20,22-25H,4-5,8-19,31H2,(H,32,40)(H2,34,35,36,37)/t22-,23-. The minimum absolute atomic E-state index is 0.0211. The zero-order chi connectivity index (χ0) is 27.3. The second kappa shape index (κ2) is 12.4. The van der Waals surface area contributed by atoms with Crippen LogP contribution in [0.1, 0.15) is 75.8 Å². The van der Waals surface area contributed by atoms with Gasteiger partial charge in [0.2, 0.25) is 5.95 Å². The predicted octanol–water partition coefficient (Wildman–Crippen LogP) is 4.45. The van der Waals surface area contributed by atoms with Gasteiger partial charge in [-0.05, 0) is 63.4 Å². The van der Waals surface area contributed by atoms with Crippen molar-refractivity contribution in [2.24, 2.45) is 5.73 Å². The van der Waals surface area contributed by atoms with Crippen molar-refractivity contribution in [3.63, 3.8) is 0 Å². The minimum Gasteiger partial charge on any atom is -0.365 e. The Morgan fingerprint density at radius 3 is 2.38 bits per heavy atom. The molecule has 10 nitrogen and oxygen atoms in total. The number of nitrogens with zero attached hydrogens (tertiary/aromatic N) is 5. The number of fused-ring (bicyclic) bond motifs is 1. The van der Waals surface area contributed by atoms with Gasteiger partial charge in [0.15, 0.2) is 17.0 Å². The number of hydrogen-bond acceptors (Lipinski definition) is 7. The summed E-state index contributed by atoms with van der Waals surface area (Å²) in [5.41, 5.74) is 9.12. The molecule has 0 spiro atoms. The molecule has 0 radical (unpaired) electrons. The summed E-state index contributed by atoms with van der Waals surface area (Å²) in [6.07, 6.45) is 13.5. The van der Waals surface area contributed by atoms with Gasteiger partial charge in [0.25, 0.3) is 0 Å². The molecule has 0 unspecified atom stereocenters. The molecule has 10 heteroatoms. The van der Waals surface area contributed by atoms with E-state index < -0.39 is 0 Å². The molecule has 0 atom stereocenters. The second-order valence-electron chi connectivity index (χ2n) is 11.8. The number of carbonyl (C=O) groups excluding carboxylic acids is 1. The summed E-state index contributed by atoms with van der Waals surface area (Å²) in [6.45, 7) is 2.08. The minimum atomic E-state index is 0.0211. The molecule has 214 valence electrons. The molecule has 1 aliphatic heterocycles. The van der Waals surface area contributed by atoms with E-state index in [2.05, 4.69) is 32.7 Å². The van der Waals surface area contributed by atoms with Crippen LogP contribution in [0.2, 0.25) is 0 Å². The highest BCUT2D eigenvalue weighted by atomic mass is 16.2. The van der Waals surface area contributed by atoms with Crippen LogP contribution in [0.15, 0.2) is 36.7 Å². The number of piperidine rings is 1. The van der Waals surface area contributed by atoms with Crippen LogP contribution in [0.4, 0.5) is 16.6 Å². The number of benzene rings is 1. The Labute approximate surface area is 236 Å². The monoisotopic (exact) mass is 545 g/mol. The van der Waals surface area contributed by atoms with Crippen molar-refractivity contribution in [1.29, 1.82) is 0 Å². The Bertz CT molecular complexity index is 1260. The van der Waals surface area contributed by atoms with Gasteiger partial charge in [0, 0.05) is 43.8 Å². The molecule has 2 amide bonds. The summed E-state index contributed by atoms with van der Waals surface area (Å²) < 4.78 is 2.26. The van der Waals surface area contributed by atoms with E-state index in [1.165, 1.54) is 31.2 Å². The molecular formula is C30H43N9O. The number of hydrogen-bond donors (Lipinski definition) is 4. The number of aromatic nitrogens is 4. The van der Waals surface area contributed by atoms with Gasteiger partial charge in [0.1, 0.15) is 0 Å². The normalized spacial score (nSPS) is 22.5. The number of likely N-dealkylation sites (tertiary alicyclic amines) is 1. The number of nitrogens with two attached hydrogens (primary N) is 1. The third kappa shape index (κ3) is 6.32. The largest absolute Gasteiger partial charge is 0.365 e. The summed E-state index contributed by atoms with van der Waals surface area (Å²) in [5, 5.41) is 10.4. The molecule has 0 bridgehead atoms. The Kier molecular flexibility index (Phi) is 8.32. The van der Waals surface area contributed by atoms with Gasteiger partial charge < -0.3 is 31.2 Å². The molecule has 3 heterocycles. The fraction of sp³-hybridized carbons (Fsp3) is 0.600. The van der Waals surface area contributed by atoms with Crippen LogP contribution in [0.3, 0.4) is 0 Å². The zero-order valence-electron chi connectivity index (χ0n) is 23.4. The number of carbonyl (C=O) groups is 1. The average Bonchev–Trinajstić information content (AvgIpc) is 3.66. The van der Waals surface area contributed by atoms with Gasteiger partial charge in [-0.2, -0.15) is 9.97 Å². The fourth-order valence-electron chi connectivity index (χ4n) is 6.47. The number of imidazole rings is 1. The third-order valence-corrected chi connectivity index (χ3v) is 8.90. The van der Waals surface area contributed by atoms with Crippen molar-refractivity contribution in [2.45, 2.75) is 94.8 Å². The molecule has 3 aromatic rings. The van der Waals surface area contributed by atoms with Gasteiger partial charge in [-0.1, -0.05) is 43.2 Å². The lowest BCUT2D eigenvalue weighted by atomic mass is 9.92. The maximum Gasteiger partial charge on any atom is 0.317 e. The van der Waals surface area contributed by atoms with E-state index in [-0.39, 0.29) is 12.1 Å². The SMILES string of the molecule is N[C@H]1CC[C@H](Nc2nc(NC3CCN(C(=O)NCCc4ccccc4)CC3)c3ncn(C4CCCC4)c3n2)CC1. The van der Waals surface area contributed by atoms with Crippen LogP contribution < -0.4 is 21.7 Å². The van der Waals surface area contributed by atoms with E-state index >= 15 is 0 Å². The predicted molar refractivity (Wildman–Crippen MR) is 158 cm³/mol. The molecule has 1 saturated heterocycles. The topological polar surface area (TPSA) is 126 Å². The first-order valence-corrected chi connectivity index (χ1v) is 15.2. The summed E-state index contributed by atoms with van der Waals surface area (Å²) in [7, 11) is 0. The lowest BCUT2D eigenvalue weighted by Crippen LogP contribution is -2.47. The number of nitrogens with one attached hydrogen (secondary N) is 3. The highest BCUT2D eigenvalue weighted by molar-refractivity contribution is 5.84. The number of anilines is 2. The number of urea groups is 1. The van der Waals surface area contributed by atoms with E-state index in [0.717, 1.165) is 61.9 Å². The second-order valence-corrected chi connectivity index (χ2v) is 11.8. The van der Waals surface area contributed by atoms with Crippen LogP contribution in [-0.2, 0) is 6.42 Å². The first-order chi connectivity index (χ1) is 19.6. The smallest absolute Gasteiger partial charge is 0.317 e. The number of rotatable bonds is 8. The highest BCUT2D eigenvalue weighted by Crippen LogP contribution is 2.34. The molecule has 1 aromatic carbocycles. The van der Waals surface area contributed by atoms with Crippen LogP contribution in [0.25, 0.3) is 11.2 Å². The van der Waals surface area contributed by atoms with Crippen molar-refractivity contribution < 1.29 is 4.79 Å². The summed E-state index contributed by atoms with van der Waals surface area (Å²) in [4.78, 5) is 29.4. The molecule has 3 fully saturated rings. The summed E-state index contributed by atoms with van der Waals surface area (Å²) >= 11 is 0. The van der Waals surface area contributed by atoms with Crippen LogP contribution in [0, 0.1) is 0 Å². The van der Waals surface area contributed by atoms with Crippen molar-refractivity contribution >= 4 is 29.0 Å². The van der Waals surface area contributed by atoms with Gasteiger partial charge in [-0.25, -0.2) is 9.78 Å². The van der Waals surface area contributed by atoms with E-state index in [1.54, 1.807) is 0 Å². The van der Waals surface area contributed by atoms with Crippen molar-refractivity contribution in [3.8, 4) is 0 Å². The fourth-order valence-corrected chi connectivity index (χ4v) is 6.47. The lowest BCUT2D eigenvalue weighted by Gasteiger charge is -2.32. The van der Waals surface area contributed by atoms with Crippen molar-refractivity contribution in [2.75, 3.05) is 30.3 Å². The first kappa shape index (κ1) is 26.8. The number of amides is 2. The van der Waals surface area contributed by atoms with Crippen LogP contribution in [-0.4, -0.2) is 68.2 Å².